The summed E-state index contributed by atoms with van der Waals surface area (Å²) in [5.74, 6) is -0.0592. The third-order valence-electron chi connectivity index (χ3n) is 3.09. The topological polar surface area (TPSA) is 49.9 Å². The molecule has 90 valence electrons. The summed E-state index contributed by atoms with van der Waals surface area (Å²) in [4.78, 5) is 26.9. The van der Waals surface area contributed by atoms with Gasteiger partial charge in [0, 0.05) is 26.1 Å². The van der Waals surface area contributed by atoms with Crippen LogP contribution in [0.4, 0.5) is 0 Å². The first-order chi connectivity index (χ1) is 7.77. The average Bonchev–Trinajstić information content (AvgIpc) is 2.31. The average molecular weight is 226 g/mol. The Morgan fingerprint density at radius 2 is 1.94 bits per heavy atom. The lowest BCUT2D eigenvalue weighted by Crippen LogP contribution is -2.48. The maximum atomic E-state index is 11.9. The van der Waals surface area contributed by atoms with Gasteiger partial charge < -0.3 is 4.74 Å². The van der Waals surface area contributed by atoms with E-state index in [2.05, 4.69) is 0 Å². The number of imide groups is 1. The Morgan fingerprint density at radius 1 is 1.19 bits per heavy atom. The molecule has 2 fully saturated rings. The van der Waals surface area contributed by atoms with Crippen LogP contribution in [0.25, 0.3) is 0 Å². The highest BCUT2D eigenvalue weighted by atomic mass is 16.5. The lowest BCUT2D eigenvalue weighted by atomic mass is 10.1. The molecule has 2 rings (SSSR count). The zero-order valence-corrected chi connectivity index (χ0v) is 9.48. The highest BCUT2D eigenvalue weighted by Crippen LogP contribution is 2.11. The Bertz CT molecular complexity index is 274. The molecule has 5 heteroatoms. The van der Waals surface area contributed by atoms with E-state index >= 15 is 0 Å². The summed E-state index contributed by atoms with van der Waals surface area (Å²) in [5.41, 5.74) is 0. The normalized spacial score (nSPS) is 23.5. The van der Waals surface area contributed by atoms with E-state index in [4.69, 9.17) is 4.74 Å². The van der Waals surface area contributed by atoms with Crippen molar-refractivity contribution < 1.29 is 14.3 Å². The minimum atomic E-state index is -0.0494. The van der Waals surface area contributed by atoms with Crippen molar-refractivity contribution in [2.75, 3.05) is 39.4 Å². The summed E-state index contributed by atoms with van der Waals surface area (Å²) in [6.45, 7) is 3.89. The third kappa shape index (κ3) is 2.80. The molecule has 0 radical (unpaired) electrons. The molecule has 2 saturated heterocycles. The smallest absolute Gasteiger partial charge is 0.243 e. The first-order valence-electron chi connectivity index (χ1n) is 5.90. The predicted octanol–water partition coefficient (Wildman–Crippen LogP) is -0.142. The molecule has 2 aliphatic heterocycles. The van der Waals surface area contributed by atoms with E-state index in [1.807, 2.05) is 4.90 Å². The van der Waals surface area contributed by atoms with Crippen molar-refractivity contribution in [3.63, 3.8) is 0 Å². The lowest BCUT2D eigenvalue weighted by Gasteiger charge is -2.30. The van der Waals surface area contributed by atoms with E-state index in [-0.39, 0.29) is 11.8 Å². The molecule has 0 spiro atoms. The van der Waals surface area contributed by atoms with Gasteiger partial charge in [-0.05, 0) is 12.8 Å². The third-order valence-corrected chi connectivity index (χ3v) is 3.09. The molecule has 0 aromatic heterocycles. The summed E-state index contributed by atoms with van der Waals surface area (Å²) >= 11 is 0. The number of piperidine rings is 1. The number of carbonyl (C=O) groups excluding carboxylic acids is 2. The standard InChI is InChI=1S/C11H18N2O3/c14-10-3-1-2-4-13(10)11(15)9-12-5-7-16-8-6-12/h1-9H2. The fraction of sp³-hybridized carbons (Fsp3) is 0.818. The molecular formula is C11H18N2O3. The molecule has 0 aromatic rings. The van der Waals surface area contributed by atoms with E-state index in [0.29, 0.717) is 32.7 Å². The van der Waals surface area contributed by atoms with Crippen molar-refractivity contribution in [3.05, 3.63) is 0 Å². The van der Waals surface area contributed by atoms with E-state index in [1.54, 1.807) is 0 Å². The van der Waals surface area contributed by atoms with Gasteiger partial charge in [-0.1, -0.05) is 0 Å². The van der Waals surface area contributed by atoms with Gasteiger partial charge in [0.05, 0.1) is 19.8 Å². The summed E-state index contributed by atoms with van der Waals surface area (Å²) in [7, 11) is 0. The number of amides is 2. The van der Waals surface area contributed by atoms with E-state index < -0.39 is 0 Å². The number of nitrogens with zero attached hydrogens (tertiary/aromatic N) is 2. The van der Waals surface area contributed by atoms with Crippen LogP contribution in [0.5, 0.6) is 0 Å². The first-order valence-corrected chi connectivity index (χ1v) is 5.90. The van der Waals surface area contributed by atoms with Gasteiger partial charge in [0.2, 0.25) is 11.8 Å². The van der Waals surface area contributed by atoms with Crippen LogP contribution in [0.15, 0.2) is 0 Å². The minimum absolute atomic E-state index is 0.00971. The molecule has 0 unspecified atom stereocenters. The molecule has 2 amide bonds. The number of ether oxygens (including phenoxy) is 1. The van der Waals surface area contributed by atoms with Crippen LogP contribution >= 0.6 is 0 Å². The molecule has 0 saturated carbocycles. The van der Waals surface area contributed by atoms with Crippen LogP contribution in [0.3, 0.4) is 0 Å². The van der Waals surface area contributed by atoms with Gasteiger partial charge in [0.15, 0.2) is 0 Å². The minimum Gasteiger partial charge on any atom is -0.379 e. The fourth-order valence-electron chi connectivity index (χ4n) is 2.11. The Balaban J connectivity index is 1.83. The van der Waals surface area contributed by atoms with E-state index in [9.17, 15) is 9.59 Å². The number of hydrogen-bond donors (Lipinski definition) is 0. The highest BCUT2D eigenvalue weighted by molar-refractivity contribution is 5.96. The van der Waals surface area contributed by atoms with Crippen LogP contribution in [-0.2, 0) is 14.3 Å². The van der Waals surface area contributed by atoms with Crippen LogP contribution in [-0.4, -0.2) is 61.0 Å². The lowest BCUT2D eigenvalue weighted by molar-refractivity contribution is -0.147. The molecule has 0 aromatic carbocycles. The highest BCUT2D eigenvalue weighted by Gasteiger charge is 2.26. The second kappa shape index (κ2) is 5.41. The Kier molecular flexibility index (Phi) is 3.90. The maximum Gasteiger partial charge on any atom is 0.243 e. The van der Waals surface area contributed by atoms with Crippen molar-refractivity contribution in [2.24, 2.45) is 0 Å². The SMILES string of the molecule is O=C1CCCCN1C(=O)CN1CCOCC1. The van der Waals surface area contributed by atoms with Crippen LogP contribution < -0.4 is 0 Å². The van der Waals surface area contributed by atoms with Crippen LogP contribution in [0, 0.1) is 0 Å². The van der Waals surface area contributed by atoms with Crippen molar-refractivity contribution in [3.8, 4) is 0 Å². The Labute approximate surface area is 95.3 Å². The molecule has 5 nitrogen and oxygen atoms in total. The molecule has 2 heterocycles. The molecule has 0 bridgehead atoms. The van der Waals surface area contributed by atoms with Gasteiger partial charge in [-0.15, -0.1) is 0 Å². The number of carbonyl (C=O) groups is 2. The summed E-state index contributed by atoms with van der Waals surface area (Å²) in [6, 6.07) is 0. The van der Waals surface area contributed by atoms with Gasteiger partial charge >= 0.3 is 0 Å². The Hall–Kier alpha value is -0.940. The molecule has 0 N–H and O–H groups in total. The van der Waals surface area contributed by atoms with Gasteiger partial charge in [0.1, 0.15) is 0 Å². The van der Waals surface area contributed by atoms with Gasteiger partial charge in [0.25, 0.3) is 0 Å². The first kappa shape index (κ1) is 11.5. The van der Waals surface area contributed by atoms with Crippen molar-refractivity contribution in [2.45, 2.75) is 19.3 Å². The van der Waals surface area contributed by atoms with Crippen molar-refractivity contribution >= 4 is 11.8 Å². The fourth-order valence-corrected chi connectivity index (χ4v) is 2.11. The number of rotatable bonds is 2. The molecule has 16 heavy (non-hydrogen) atoms. The zero-order chi connectivity index (χ0) is 11.4. The summed E-state index contributed by atoms with van der Waals surface area (Å²) in [6.07, 6.45) is 2.38. The Morgan fingerprint density at radius 3 is 2.62 bits per heavy atom. The predicted molar refractivity (Wildman–Crippen MR) is 57.8 cm³/mol. The van der Waals surface area contributed by atoms with E-state index in [1.165, 1.54) is 4.90 Å². The van der Waals surface area contributed by atoms with Gasteiger partial charge in [-0.2, -0.15) is 0 Å². The number of likely N-dealkylation sites (tertiary alicyclic amines) is 1. The second-order valence-electron chi connectivity index (χ2n) is 4.28. The van der Waals surface area contributed by atoms with Crippen molar-refractivity contribution in [1.29, 1.82) is 0 Å². The van der Waals surface area contributed by atoms with Crippen LogP contribution in [0.1, 0.15) is 19.3 Å². The number of hydrogen-bond acceptors (Lipinski definition) is 4. The monoisotopic (exact) mass is 226 g/mol. The molecule has 0 atom stereocenters. The summed E-state index contributed by atoms with van der Waals surface area (Å²) < 4.78 is 5.21. The van der Waals surface area contributed by atoms with Crippen LogP contribution in [0.2, 0.25) is 0 Å². The van der Waals surface area contributed by atoms with Gasteiger partial charge in [-0.3, -0.25) is 19.4 Å². The van der Waals surface area contributed by atoms with Gasteiger partial charge in [-0.25, -0.2) is 0 Å². The summed E-state index contributed by atoms with van der Waals surface area (Å²) in [5, 5.41) is 0. The molecular weight excluding hydrogens is 208 g/mol. The van der Waals surface area contributed by atoms with E-state index in [0.717, 1.165) is 25.9 Å². The largest absolute Gasteiger partial charge is 0.379 e. The zero-order valence-electron chi connectivity index (χ0n) is 9.48. The molecule has 2 aliphatic rings. The maximum absolute atomic E-state index is 11.9. The second-order valence-corrected chi connectivity index (χ2v) is 4.28. The quantitative estimate of drug-likeness (QED) is 0.657. The van der Waals surface area contributed by atoms with Crippen molar-refractivity contribution in [1.82, 2.24) is 9.80 Å². The number of morpholine rings is 1. The molecule has 0 aliphatic carbocycles.